The average Bonchev–Trinajstić information content (AvgIpc) is 3.01. The molecule has 1 aromatic carbocycles. The van der Waals surface area contributed by atoms with E-state index in [1.807, 2.05) is 29.2 Å². The van der Waals surface area contributed by atoms with Crippen LogP contribution < -0.4 is 5.32 Å². The summed E-state index contributed by atoms with van der Waals surface area (Å²) < 4.78 is 3.76. The molecule has 112 valence electrons. The van der Waals surface area contributed by atoms with Gasteiger partial charge in [0.15, 0.2) is 5.69 Å². The van der Waals surface area contributed by atoms with E-state index in [2.05, 4.69) is 14.9 Å². The first kappa shape index (κ1) is 16.2. The highest BCUT2D eigenvalue weighted by molar-refractivity contribution is 7.03. The number of hydrogen-bond acceptors (Lipinski definition) is 5. The van der Waals surface area contributed by atoms with Gasteiger partial charge in [-0.2, -0.15) is 0 Å². The summed E-state index contributed by atoms with van der Waals surface area (Å²) in [6.45, 7) is 2.09. The maximum atomic E-state index is 12.5. The zero-order chi connectivity index (χ0) is 13.9. The van der Waals surface area contributed by atoms with E-state index in [1.54, 1.807) is 5.38 Å². The number of nitrogens with zero attached hydrogens (tertiary/aromatic N) is 3. The molecule has 1 fully saturated rings. The molecule has 1 aliphatic heterocycles. The third kappa shape index (κ3) is 3.35. The van der Waals surface area contributed by atoms with Crippen LogP contribution in [-0.4, -0.2) is 40.0 Å². The maximum Gasteiger partial charge on any atom is 0.275 e. The first-order chi connectivity index (χ1) is 9.77. The normalized spacial score (nSPS) is 18.1. The zero-order valence-corrected chi connectivity index (χ0v) is 13.4. The second kappa shape index (κ2) is 7.17. The van der Waals surface area contributed by atoms with Crippen LogP contribution in [0.1, 0.15) is 22.1 Å². The standard InChI is InChI=1S/C13H13ClN4OS.ClH/c14-10-4-2-1-3-9(10)12-7-15-5-6-18(12)13(19)11-8-20-17-16-11;/h1-4,8,12,15H,5-7H2;1H. The highest BCUT2D eigenvalue weighted by atomic mass is 35.5. The Hall–Kier alpha value is -1.21. The number of piperazine rings is 1. The molecule has 1 saturated heterocycles. The number of aromatic nitrogens is 2. The highest BCUT2D eigenvalue weighted by Crippen LogP contribution is 2.29. The molecule has 1 aliphatic rings. The van der Waals surface area contributed by atoms with Crippen molar-refractivity contribution in [3.8, 4) is 0 Å². The van der Waals surface area contributed by atoms with Crippen LogP contribution in [0.2, 0.25) is 5.02 Å². The fourth-order valence-corrected chi connectivity index (χ4v) is 3.07. The Morgan fingerprint density at radius 2 is 2.24 bits per heavy atom. The number of benzene rings is 1. The molecule has 3 rings (SSSR count). The second-order valence-electron chi connectivity index (χ2n) is 4.53. The Kier molecular flexibility index (Phi) is 5.52. The summed E-state index contributed by atoms with van der Waals surface area (Å²) in [5.74, 6) is -0.0924. The van der Waals surface area contributed by atoms with Gasteiger partial charge in [-0.25, -0.2) is 0 Å². The van der Waals surface area contributed by atoms with E-state index < -0.39 is 0 Å². The molecule has 0 saturated carbocycles. The van der Waals surface area contributed by atoms with Crippen LogP contribution in [0.4, 0.5) is 0 Å². The molecule has 1 N–H and O–H groups in total. The van der Waals surface area contributed by atoms with Crippen molar-refractivity contribution in [1.82, 2.24) is 19.8 Å². The third-order valence-corrected chi connectivity index (χ3v) is 4.20. The van der Waals surface area contributed by atoms with Gasteiger partial charge in [0.2, 0.25) is 0 Å². The van der Waals surface area contributed by atoms with Gasteiger partial charge in [0, 0.05) is 30.0 Å². The smallest absolute Gasteiger partial charge is 0.275 e. The quantitative estimate of drug-likeness (QED) is 0.908. The van der Waals surface area contributed by atoms with Crippen LogP contribution >= 0.6 is 35.5 Å². The van der Waals surface area contributed by atoms with Gasteiger partial charge >= 0.3 is 0 Å². The number of halogens is 2. The lowest BCUT2D eigenvalue weighted by molar-refractivity contribution is 0.0628. The van der Waals surface area contributed by atoms with Crippen molar-refractivity contribution in [3.05, 3.63) is 45.9 Å². The minimum absolute atomic E-state index is 0. The maximum absolute atomic E-state index is 12.5. The van der Waals surface area contributed by atoms with Crippen molar-refractivity contribution >= 4 is 41.4 Å². The molecule has 1 unspecified atom stereocenters. The van der Waals surface area contributed by atoms with Gasteiger partial charge in [0.1, 0.15) is 0 Å². The summed E-state index contributed by atoms with van der Waals surface area (Å²) in [7, 11) is 0. The lowest BCUT2D eigenvalue weighted by Crippen LogP contribution is -2.48. The number of hydrogen-bond donors (Lipinski definition) is 1. The van der Waals surface area contributed by atoms with E-state index >= 15 is 0 Å². The van der Waals surface area contributed by atoms with Crippen molar-refractivity contribution in [1.29, 1.82) is 0 Å². The van der Waals surface area contributed by atoms with Crippen LogP contribution in [0.5, 0.6) is 0 Å². The van der Waals surface area contributed by atoms with Crippen LogP contribution in [0.25, 0.3) is 0 Å². The van der Waals surface area contributed by atoms with E-state index in [4.69, 9.17) is 11.6 Å². The number of rotatable bonds is 2. The summed E-state index contributed by atoms with van der Waals surface area (Å²) in [6, 6.07) is 7.55. The fourth-order valence-electron chi connectivity index (χ4n) is 2.38. The molecule has 0 radical (unpaired) electrons. The lowest BCUT2D eigenvalue weighted by atomic mass is 10.0. The number of carbonyl (C=O) groups is 1. The van der Waals surface area contributed by atoms with Gasteiger partial charge in [0.05, 0.1) is 6.04 Å². The predicted octanol–water partition coefficient (Wildman–Crippen LogP) is 2.40. The number of nitrogens with one attached hydrogen (secondary N) is 1. The second-order valence-corrected chi connectivity index (χ2v) is 5.55. The zero-order valence-electron chi connectivity index (χ0n) is 11.0. The summed E-state index contributed by atoms with van der Waals surface area (Å²) in [6.07, 6.45) is 0. The van der Waals surface area contributed by atoms with E-state index in [-0.39, 0.29) is 24.4 Å². The Morgan fingerprint density at radius 1 is 1.43 bits per heavy atom. The Balaban J connectivity index is 0.00000161. The lowest BCUT2D eigenvalue weighted by Gasteiger charge is -2.36. The van der Waals surface area contributed by atoms with E-state index in [0.717, 1.165) is 12.1 Å². The molecule has 0 spiro atoms. The molecule has 0 bridgehead atoms. The largest absolute Gasteiger partial charge is 0.328 e. The molecule has 5 nitrogen and oxygen atoms in total. The Labute approximate surface area is 137 Å². The van der Waals surface area contributed by atoms with Crippen molar-refractivity contribution in [2.45, 2.75) is 6.04 Å². The first-order valence-electron chi connectivity index (χ1n) is 6.30. The van der Waals surface area contributed by atoms with Gasteiger partial charge in [-0.15, -0.1) is 17.5 Å². The molecular weight excluding hydrogens is 331 g/mol. The minimum atomic E-state index is -0.0924. The molecule has 21 heavy (non-hydrogen) atoms. The van der Waals surface area contributed by atoms with E-state index in [0.29, 0.717) is 23.8 Å². The van der Waals surface area contributed by atoms with Gasteiger partial charge in [-0.05, 0) is 23.2 Å². The Morgan fingerprint density at radius 3 is 2.95 bits per heavy atom. The van der Waals surface area contributed by atoms with Crippen molar-refractivity contribution < 1.29 is 4.79 Å². The van der Waals surface area contributed by atoms with Gasteiger partial charge < -0.3 is 10.2 Å². The fraction of sp³-hybridized carbons (Fsp3) is 0.308. The van der Waals surface area contributed by atoms with Crippen LogP contribution in [-0.2, 0) is 0 Å². The summed E-state index contributed by atoms with van der Waals surface area (Å²) >= 11 is 7.44. The van der Waals surface area contributed by atoms with Crippen LogP contribution in [0, 0.1) is 0 Å². The van der Waals surface area contributed by atoms with Crippen molar-refractivity contribution in [2.75, 3.05) is 19.6 Å². The predicted molar refractivity (Wildman–Crippen MR) is 85.3 cm³/mol. The third-order valence-electron chi connectivity index (χ3n) is 3.35. The number of carbonyl (C=O) groups excluding carboxylic acids is 1. The molecule has 1 atom stereocenters. The van der Waals surface area contributed by atoms with Gasteiger partial charge in [-0.1, -0.05) is 34.3 Å². The average molecular weight is 345 g/mol. The number of amides is 1. The Bertz CT molecular complexity index is 608. The molecule has 2 aromatic rings. The van der Waals surface area contributed by atoms with Gasteiger partial charge in [-0.3, -0.25) is 4.79 Å². The molecule has 2 heterocycles. The van der Waals surface area contributed by atoms with Crippen molar-refractivity contribution in [3.63, 3.8) is 0 Å². The topological polar surface area (TPSA) is 58.1 Å². The summed E-state index contributed by atoms with van der Waals surface area (Å²) in [4.78, 5) is 14.3. The highest BCUT2D eigenvalue weighted by Gasteiger charge is 2.30. The summed E-state index contributed by atoms with van der Waals surface area (Å²) in [5.41, 5.74) is 1.35. The molecular formula is C13H14Cl2N4OS. The summed E-state index contributed by atoms with van der Waals surface area (Å²) in [5, 5.41) is 9.52. The van der Waals surface area contributed by atoms with Gasteiger partial charge in [0.25, 0.3) is 5.91 Å². The van der Waals surface area contributed by atoms with Crippen molar-refractivity contribution in [2.24, 2.45) is 0 Å². The van der Waals surface area contributed by atoms with Crippen LogP contribution in [0.3, 0.4) is 0 Å². The van der Waals surface area contributed by atoms with E-state index in [9.17, 15) is 4.79 Å². The molecule has 1 amide bonds. The first-order valence-corrected chi connectivity index (χ1v) is 7.52. The minimum Gasteiger partial charge on any atom is -0.328 e. The van der Waals surface area contributed by atoms with E-state index in [1.165, 1.54) is 11.5 Å². The monoisotopic (exact) mass is 344 g/mol. The molecule has 8 heteroatoms. The molecule has 0 aliphatic carbocycles. The SMILES string of the molecule is Cl.O=C(c1csnn1)N1CCNCC1c1ccccc1Cl. The molecule has 1 aromatic heterocycles. The van der Waals surface area contributed by atoms with Crippen LogP contribution in [0.15, 0.2) is 29.6 Å².